The number of carbonyl (C=O) groups is 2. The summed E-state index contributed by atoms with van der Waals surface area (Å²) in [7, 11) is 0. The molecule has 0 aliphatic rings. The Morgan fingerprint density at radius 3 is 1.11 bits per heavy atom. The number of aliphatic hydroxyl groups excluding tert-OH is 2. The molecule has 0 aliphatic heterocycles. The van der Waals surface area contributed by atoms with Gasteiger partial charge in [0.1, 0.15) is 0 Å². The third-order valence-corrected chi connectivity index (χ3v) is 12.8. The van der Waals surface area contributed by atoms with Crippen molar-refractivity contribution in [1.29, 1.82) is 0 Å². The summed E-state index contributed by atoms with van der Waals surface area (Å²) in [5.41, 5.74) is 0. The van der Waals surface area contributed by atoms with Gasteiger partial charge in [-0.15, -0.1) is 0 Å². The van der Waals surface area contributed by atoms with Crippen molar-refractivity contribution in [2.75, 3.05) is 13.2 Å². The van der Waals surface area contributed by atoms with Crippen LogP contribution < -0.4 is 5.32 Å². The molecule has 0 rings (SSSR count). The van der Waals surface area contributed by atoms with Crippen molar-refractivity contribution >= 4 is 11.9 Å². The van der Waals surface area contributed by atoms with Crippen LogP contribution in [0.2, 0.25) is 0 Å². The van der Waals surface area contributed by atoms with Crippen LogP contribution in [0.25, 0.3) is 0 Å². The van der Waals surface area contributed by atoms with Crippen LogP contribution in [0, 0.1) is 0 Å². The number of nitrogens with one attached hydrogen (secondary N) is 1. The van der Waals surface area contributed by atoms with Crippen LogP contribution in [0.15, 0.2) is 12.2 Å². The molecule has 0 aliphatic carbocycles. The maximum atomic E-state index is 12.5. The quantitative estimate of drug-likeness (QED) is 0.0322. The van der Waals surface area contributed by atoms with Gasteiger partial charge >= 0.3 is 5.97 Å². The second kappa shape index (κ2) is 51.2. The van der Waals surface area contributed by atoms with E-state index in [-0.39, 0.29) is 18.5 Å². The Morgan fingerprint density at radius 1 is 0.443 bits per heavy atom. The summed E-state index contributed by atoms with van der Waals surface area (Å²) in [6, 6.07) is -0.644. The molecule has 362 valence electrons. The summed E-state index contributed by atoms with van der Waals surface area (Å²) >= 11 is 0. The van der Waals surface area contributed by atoms with Crippen molar-refractivity contribution in [3.05, 3.63) is 12.2 Å². The SMILES string of the molecule is CCCCCCCCCCCCCCCCCCCCC/C=C/C(O)C(CO)NC(=O)CCCCCCCCCCCCOC(=O)CCCCCCCCCCCCCCC. The highest BCUT2D eigenvalue weighted by Crippen LogP contribution is 2.17. The highest BCUT2D eigenvalue weighted by molar-refractivity contribution is 5.76. The number of carbonyl (C=O) groups excluding carboxylic acids is 2. The second-order valence-electron chi connectivity index (χ2n) is 18.9. The molecule has 1 amide bonds. The van der Waals surface area contributed by atoms with E-state index in [0.29, 0.717) is 19.4 Å². The molecule has 3 N–H and O–H groups in total. The first-order valence-electron chi connectivity index (χ1n) is 27.5. The van der Waals surface area contributed by atoms with Gasteiger partial charge < -0.3 is 20.3 Å². The molecule has 0 bridgehead atoms. The fourth-order valence-corrected chi connectivity index (χ4v) is 8.58. The molecule has 0 spiro atoms. The Morgan fingerprint density at radius 2 is 0.754 bits per heavy atom. The number of amides is 1. The molecule has 0 aromatic carbocycles. The number of allylic oxidation sites excluding steroid dienone is 1. The first-order valence-corrected chi connectivity index (χ1v) is 27.5. The lowest BCUT2D eigenvalue weighted by Crippen LogP contribution is -2.45. The summed E-state index contributed by atoms with van der Waals surface area (Å²) < 4.78 is 5.45. The lowest BCUT2D eigenvalue weighted by Gasteiger charge is -2.20. The van der Waals surface area contributed by atoms with E-state index in [1.807, 2.05) is 6.08 Å². The standard InChI is InChI=1S/C55H107NO5/c1-3-5-7-9-11-13-15-17-18-19-20-21-22-23-24-26-27-31-35-39-43-47-53(58)52(51-57)56-54(59)48-44-40-36-32-29-30-34-38-42-46-50-61-55(60)49-45-41-37-33-28-25-16-14-12-10-8-6-4-2/h43,47,52-53,57-58H,3-42,44-46,48-51H2,1-2H3,(H,56,59)/b47-43+. The molecule has 6 heteroatoms. The molecule has 0 saturated carbocycles. The van der Waals surface area contributed by atoms with Crippen molar-refractivity contribution in [1.82, 2.24) is 5.32 Å². The lowest BCUT2D eigenvalue weighted by molar-refractivity contribution is -0.143. The number of unbranched alkanes of at least 4 members (excludes halogenated alkanes) is 40. The third kappa shape index (κ3) is 47.9. The zero-order valence-corrected chi connectivity index (χ0v) is 41.2. The van der Waals surface area contributed by atoms with Gasteiger partial charge in [0, 0.05) is 12.8 Å². The molecule has 0 saturated heterocycles. The van der Waals surface area contributed by atoms with Gasteiger partial charge in [0.25, 0.3) is 0 Å². The van der Waals surface area contributed by atoms with Gasteiger partial charge in [-0.05, 0) is 32.1 Å². The smallest absolute Gasteiger partial charge is 0.305 e. The van der Waals surface area contributed by atoms with E-state index in [4.69, 9.17) is 4.74 Å². The number of hydrogen-bond acceptors (Lipinski definition) is 5. The highest BCUT2D eigenvalue weighted by atomic mass is 16.5. The molecule has 6 nitrogen and oxygen atoms in total. The summed E-state index contributed by atoms with van der Waals surface area (Å²) in [5, 5.41) is 23.1. The fourth-order valence-electron chi connectivity index (χ4n) is 8.58. The lowest BCUT2D eigenvalue weighted by atomic mass is 10.0. The summed E-state index contributed by atoms with van der Waals surface area (Å²) in [6.07, 6.45) is 59.3. The van der Waals surface area contributed by atoms with Crippen LogP contribution in [0.4, 0.5) is 0 Å². The minimum absolute atomic E-state index is 0.0186. The van der Waals surface area contributed by atoms with E-state index in [2.05, 4.69) is 19.2 Å². The summed E-state index contributed by atoms with van der Waals surface area (Å²) in [5.74, 6) is -0.106. The summed E-state index contributed by atoms with van der Waals surface area (Å²) in [6.45, 7) is 4.87. The average Bonchev–Trinajstić information content (AvgIpc) is 3.26. The van der Waals surface area contributed by atoms with E-state index in [0.717, 1.165) is 57.8 Å². The minimum Gasteiger partial charge on any atom is -0.466 e. The number of ether oxygens (including phenoxy) is 1. The number of aliphatic hydroxyl groups is 2. The first kappa shape index (κ1) is 59.6. The maximum Gasteiger partial charge on any atom is 0.305 e. The molecule has 61 heavy (non-hydrogen) atoms. The summed E-state index contributed by atoms with van der Waals surface area (Å²) in [4.78, 5) is 24.5. The van der Waals surface area contributed by atoms with Crippen molar-refractivity contribution in [3.63, 3.8) is 0 Å². The fraction of sp³-hybridized carbons (Fsp3) is 0.927. The number of rotatable bonds is 51. The number of hydrogen-bond donors (Lipinski definition) is 3. The van der Waals surface area contributed by atoms with E-state index in [1.54, 1.807) is 6.08 Å². The molecule has 0 radical (unpaired) electrons. The molecule has 0 fully saturated rings. The van der Waals surface area contributed by atoms with E-state index in [9.17, 15) is 19.8 Å². The Labute approximate surface area is 380 Å². The molecule has 2 unspecified atom stereocenters. The van der Waals surface area contributed by atoms with Gasteiger partial charge in [0.2, 0.25) is 5.91 Å². The van der Waals surface area contributed by atoms with Crippen molar-refractivity contribution in [2.24, 2.45) is 0 Å². The van der Waals surface area contributed by atoms with Gasteiger partial charge in [0.15, 0.2) is 0 Å². The van der Waals surface area contributed by atoms with Gasteiger partial charge in [0.05, 0.1) is 25.4 Å². The van der Waals surface area contributed by atoms with E-state index < -0.39 is 12.1 Å². The van der Waals surface area contributed by atoms with Crippen LogP contribution in [0.5, 0.6) is 0 Å². The van der Waals surface area contributed by atoms with E-state index >= 15 is 0 Å². The predicted molar refractivity (Wildman–Crippen MR) is 264 cm³/mol. The average molecular weight is 862 g/mol. The molecule has 0 aromatic heterocycles. The Kier molecular flexibility index (Phi) is 50.1. The van der Waals surface area contributed by atoms with Crippen molar-refractivity contribution in [3.8, 4) is 0 Å². The molecule has 0 heterocycles. The molecule has 2 atom stereocenters. The van der Waals surface area contributed by atoms with Crippen LogP contribution in [0.1, 0.15) is 303 Å². The Hall–Kier alpha value is -1.40. The van der Waals surface area contributed by atoms with E-state index in [1.165, 1.54) is 218 Å². The minimum atomic E-state index is -0.858. The van der Waals surface area contributed by atoms with Crippen LogP contribution in [0.3, 0.4) is 0 Å². The van der Waals surface area contributed by atoms with Crippen LogP contribution in [-0.2, 0) is 14.3 Å². The first-order chi connectivity index (χ1) is 30.0. The Balaban J connectivity index is 3.50. The largest absolute Gasteiger partial charge is 0.466 e. The number of esters is 1. The third-order valence-electron chi connectivity index (χ3n) is 12.8. The maximum absolute atomic E-state index is 12.5. The van der Waals surface area contributed by atoms with Crippen LogP contribution >= 0.6 is 0 Å². The highest BCUT2D eigenvalue weighted by Gasteiger charge is 2.18. The van der Waals surface area contributed by atoms with Crippen LogP contribution in [-0.4, -0.2) is 47.4 Å². The molecule has 0 aromatic rings. The zero-order chi connectivity index (χ0) is 44.4. The zero-order valence-electron chi connectivity index (χ0n) is 41.2. The monoisotopic (exact) mass is 862 g/mol. The second-order valence-corrected chi connectivity index (χ2v) is 18.9. The predicted octanol–water partition coefficient (Wildman–Crippen LogP) is 16.5. The molecular weight excluding hydrogens is 755 g/mol. The normalized spacial score (nSPS) is 12.7. The van der Waals surface area contributed by atoms with Gasteiger partial charge in [-0.3, -0.25) is 9.59 Å². The van der Waals surface area contributed by atoms with Gasteiger partial charge in [-0.1, -0.05) is 270 Å². The van der Waals surface area contributed by atoms with Crippen molar-refractivity contribution in [2.45, 2.75) is 315 Å². The van der Waals surface area contributed by atoms with Gasteiger partial charge in [-0.2, -0.15) is 0 Å². The van der Waals surface area contributed by atoms with Gasteiger partial charge in [-0.25, -0.2) is 0 Å². The molecular formula is C55H107NO5. The topological polar surface area (TPSA) is 95.9 Å². The van der Waals surface area contributed by atoms with Crippen molar-refractivity contribution < 1.29 is 24.5 Å². The Bertz CT molecular complexity index is 909.